The molecule has 3 aromatic carbocycles. The second-order valence-corrected chi connectivity index (χ2v) is 14.7. The van der Waals surface area contributed by atoms with Crippen molar-refractivity contribution in [2.75, 3.05) is 6.54 Å². The predicted molar refractivity (Wildman–Crippen MR) is 190 cm³/mol. The zero-order valence-electron chi connectivity index (χ0n) is 30.6. The van der Waals surface area contributed by atoms with E-state index in [9.17, 15) is 19.5 Å². The highest BCUT2D eigenvalue weighted by atomic mass is 16.9. The minimum absolute atomic E-state index is 0.0156. The van der Waals surface area contributed by atoms with Gasteiger partial charge in [0, 0.05) is 12.5 Å². The van der Waals surface area contributed by atoms with Crippen LogP contribution >= 0.6 is 0 Å². The Morgan fingerprint density at radius 1 is 0.717 bits per heavy atom. The number of carbonyl (C=O) groups is 3. The molecule has 6 rings (SSSR count). The highest BCUT2D eigenvalue weighted by molar-refractivity contribution is 5.81. The summed E-state index contributed by atoms with van der Waals surface area (Å²) >= 11 is 0. The van der Waals surface area contributed by atoms with Crippen molar-refractivity contribution in [3.05, 3.63) is 108 Å². The Morgan fingerprint density at radius 2 is 1.25 bits per heavy atom. The van der Waals surface area contributed by atoms with Gasteiger partial charge in [-0.25, -0.2) is 0 Å². The average molecular weight is 732 g/mol. The van der Waals surface area contributed by atoms with Crippen LogP contribution < -0.4 is 5.32 Å². The first-order valence-electron chi connectivity index (χ1n) is 18.2. The van der Waals surface area contributed by atoms with Crippen LogP contribution in [0.2, 0.25) is 0 Å². The lowest BCUT2D eigenvalue weighted by Crippen LogP contribution is -2.59. The molecule has 0 aromatic heterocycles. The molecule has 3 saturated heterocycles. The lowest BCUT2D eigenvalue weighted by atomic mass is 9.85. The molecule has 3 heterocycles. The number of aliphatic hydroxyl groups excluding tert-OH is 1. The van der Waals surface area contributed by atoms with Gasteiger partial charge in [0.15, 0.2) is 24.0 Å². The first-order chi connectivity index (χ1) is 25.4. The molecule has 8 atom stereocenters. The average Bonchev–Trinajstić information content (AvgIpc) is 3.64. The molecule has 1 amide bonds. The van der Waals surface area contributed by atoms with E-state index in [-0.39, 0.29) is 38.3 Å². The van der Waals surface area contributed by atoms with Gasteiger partial charge in [-0.15, -0.1) is 0 Å². The summed E-state index contributed by atoms with van der Waals surface area (Å²) in [6.07, 6.45) is -5.23. The van der Waals surface area contributed by atoms with Crippen LogP contribution in [-0.2, 0) is 67.0 Å². The fourth-order valence-electron chi connectivity index (χ4n) is 7.08. The van der Waals surface area contributed by atoms with Crippen LogP contribution in [0, 0.1) is 11.8 Å². The first kappa shape index (κ1) is 38.6. The number of ether oxygens (including phenoxy) is 7. The molecule has 0 radical (unpaired) electrons. The lowest BCUT2D eigenvalue weighted by Gasteiger charge is -2.38. The maximum atomic E-state index is 14.1. The normalized spacial score (nSPS) is 25.6. The number of hydrogen-bond acceptors (Lipinski definition) is 11. The molecule has 53 heavy (non-hydrogen) atoms. The molecule has 3 aliphatic rings. The maximum Gasteiger partial charge on any atom is 0.311 e. The molecule has 0 aliphatic carbocycles. The first-order valence-corrected chi connectivity index (χ1v) is 18.2. The Labute approximate surface area is 310 Å². The van der Waals surface area contributed by atoms with Gasteiger partial charge in [0.05, 0.1) is 12.3 Å². The summed E-state index contributed by atoms with van der Waals surface area (Å²) in [7, 11) is 0. The number of rotatable bonds is 15. The zero-order chi connectivity index (χ0) is 37.6. The molecule has 3 aliphatic heterocycles. The van der Waals surface area contributed by atoms with Crippen molar-refractivity contribution < 1.29 is 52.6 Å². The fraction of sp³-hybridized carbons (Fsp3) is 0.488. The number of amides is 1. The number of carbonyl (C=O) groups excluding carboxylic acids is 3. The van der Waals surface area contributed by atoms with E-state index in [2.05, 4.69) is 5.32 Å². The number of hydrogen-bond donors (Lipinski definition) is 2. The van der Waals surface area contributed by atoms with E-state index in [4.69, 9.17) is 33.2 Å². The maximum absolute atomic E-state index is 14.1. The van der Waals surface area contributed by atoms with Crippen LogP contribution in [0.15, 0.2) is 91.0 Å². The van der Waals surface area contributed by atoms with Gasteiger partial charge in [-0.3, -0.25) is 14.4 Å². The number of benzene rings is 3. The number of esters is 2. The number of aliphatic hydroxyl groups is 1. The Bertz CT molecular complexity index is 1670. The van der Waals surface area contributed by atoms with E-state index in [1.165, 1.54) is 0 Å². The molecule has 0 bridgehead atoms. The van der Waals surface area contributed by atoms with Gasteiger partial charge < -0.3 is 43.6 Å². The fourth-order valence-corrected chi connectivity index (χ4v) is 7.08. The van der Waals surface area contributed by atoms with E-state index in [0.717, 1.165) is 16.7 Å². The van der Waals surface area contributed by atoms with E-state index >= 15 is 0 Å². The Morgan fingerprint density at radius 3 is 1.87 bits per heavy atom. The van der Waals surface area contributed by atoms with Gasteiger partial charge >= 0.3 is 11.9 Å². The third kappa shape index (κ3) is 10.3. The summed E-state index contributed by atoms with van der Waals surface area (Å²) in [5.41, 5.74) is 2.63. The van der Waals surface area contributed by atoms with Crippen molar-refractivity contribution >= 4 is 17.8 Å². The molecule has 0 saturated carbocycles. The minimum Gasteiger partial charge on any atom is -0.461 e. The molecule has 284 valence electrons. The van der Waals surface area contributed by atoms with Crippen LogP contribution in [0.3, 0.4) is 0 Å². The van der Waals surface area contributed by atoms with E-state index in [1.54, 1.807) is 27.7 Å². The highest BCUT2D eigenvalue weighted by Gasteiger charge is 2.62. The van der Waals surface area contributed by atoms with Crippen LogP contribution in [0.4, 0.5) is 0 Å². The van der Waals surface area contributed by atoms with Crippen molar-refractivity contribution in [1.29, 1.82) is 0 Å². The summed E-state index contributed by atoms with van der Waals surface area (Å²) in [4.78, 5) is 40.3. The molecular weight excluding hydrogens is 682 g/mol. The molecule has 2 N–H and O–H groups in total. The molecule has 0 spiro atoms. The van der Waals surface area contributed by atoms with Crippen molar-refractivity contribution in [3.63, 3.8) is 0 Å². The smallest absolute Gasteiger partial charge is 0.311 e. The largest absolute Gasteiger partial charge is 0.461 e. The van der Waals surface area contributed by atoms with E-state index in [1.807, 2.05) is 91.0 Å². The molecule has 2 unspecified atom stereocenters. The predicted octanol–water partition coefficient (Wildman–Crippen LogP) is 4.60. The molecule has 3 aromatic rings. The monoisotopic (exact) mass is 731 g/mol. The summed E-state index contributed by atoms with van der Waals surface area (Å²) in [6.45, 7) is 7.21. The Balaban J connectivity index is 1.15. The van der Waals surface area contributed by atoms with E-state index in [0.29, 0.717) is 6.42 Å². The highest BCUT2D eigenvalue weighted by Crippen LogP contribution is 2.45. The zero-order valence-corrected chi connectivity index (χ0v) is 30.6. The lowest BCUT2D eigenvalue weighted by molar-refractivity contribution is -0.285. The summed E-state index contributed by atoms with van der Waals surface area (Å²) in [5, 5.41) is 14.3. The van der Waals surface area contributed by atoms with Gasteiger partial charge in [0.25, 0.3) is 0 Å². The van der Waals surface area contributed by atoms with Gasteiger partial charge in [-0.1, -0.05) is 91.0 Å². The molecular formula is C41H49NO11. The molecule has 12 nitrogen and oxygen atoms in total. The SMILES string of the molecule is CC1(C)O[C@@H]2[C@H](O1)[C@H]1OC(C)(C)O[C@@H]1O[C@@H]2[C@@H](O)OC(=O)C(Cc1ccccc1)CC(Cc1ccccc1)C(=O)NCCC(=O)OCc1ccccc1. The van der Waals surface area contributed by atoms with Crippen LogP contribution in [0.25, 0.3) is 0 Å². The second kappa shape index (κ2) is 16.9. The van der Waals surface area contributed by atoms with Gasteiger partial charge in [-0.05, 0) is 63.6 Å². The van der Waals surface area contributed by atoms with Crippen molar-refractivity contribution in [1.82, 2.24) is 5.32 Å². The Hall–Kier alpha value is -4.17. The Kier molecular flexibility index (Phi) is 12.3. The molecule has 3 fully saturated rings. The van der Waals surface area contributed by atoms with Gasteiger partial charge in [0.1, 0.15) is 24.9 Å². The summed E-state index contributed by atoms with van der Waals surface area (Å²) in [6, 6.07) is 28.2. The quantitative estimate of drug-likeness (QED) is 0.167. The number of fused-ring (bicyclic) bond motifs is 3. The van der Waals surface area contributed by atoms with Crippen LogP contribution in [-0.4, -0.2) is 78.1 Å². The topological polar surface area (TPSA) is 148 Å². The van der Waals surface area contributed by atoms with Gasteiger partial charge in [-0.2, -0.15) is 0 Å². The van der Waals surface area contributed by atoms with Crippen LogP contribution in [0.1, 0.15) is 57.2 Å². The number of nitrogens with one attached hydrogen (secondary N) is 1. The van der Waals surface area contributed by atoms with Crippen molar-refractivity contribution in [2.24, 2.45) is 11.8 Å². The van der Waals surface area contributed by atoms with Gasteiger partial charge in [0.2, 0.25) is 12.2 Å². The minimum atomic E-state index is -1.75. The van der Waals surface area contributed by atoms with Crippen LogP contribution in [0.5, 0.6) is 0 Å². The van der Waals surface area contributed by atoms with Crippen molar-refractivity contribution in [3.8, 4) is 0 Å². The standard InChI is InChI=1S/C41H49NO11/c1-40(2)50-32-33(51-40)35-39(53-41(3,4)52-35)48-34(32)38(46)49-37(45)30(23-27-16-10-6-11-17-27)24-29(22-26-14-8-5-9-15-26)36(44)42-21-20-31(43)47-25-28-18-12-7-13-19-28/h5-19,29-30,32-35,38-39,46H,20-25H2,1-4H3,(H,42,44)/t29?,30?,32-,33+,34+,35-,38+,39+/m1/s1. The third-order valence-corrected chi connectivity index (χ3v) is 9.50. The second-order valence-electron chi connectivity index (χ2n) is 14.7. The molecule has 12 heteroatoms. The van der Waals surface area contributed by atoms with E-state index < -0.39 is 72.3 Å². The third-order valence-electron chi connectivity index (χ3n) is 9.50. The summed E-state index contributed by atoms with van der Waals surface area (Å²) in [5.74, 6) is -4.96. The summed E-state index contributed by atoms with van der Waals surface area (Å²) < 4.78 is 41.6. The van der Waals surface area contributed by atoms with Crippen molar-refractivity contribution in [2.45, 2.75) is 109 Å².